The molecule has 0 aliphatic carbocycles. The van der Waals surface area contributed by atoms with Gasteiger partial charge < -0.3 is 18.6 Å². The lowest BCUT2D eigenvalue weighted by Gasteiger charge is -2.17. The summed E-state index contributed by atoms with van der Waals surface area (Å²) in [7, 11) is 1.27. The van der Waals surface area contributed by atoms with Crippen molar-refractivity contribution >= 4 is 22.9 Å². The molecule has 0 amide bonds. The van der Waals surface area contributed by atoms with Crippen LogP contribution in [-0.2, 0) is 25.5 Å². The molecule has 7 nitrogen and oxygen atoms in total. The highest BCUT2D eigenvalue weighted by Crippen LogP contribution is 2.29. The van der Waals surface area contributed by atoms with Crippen molar-refractivity contribution in [1.82, 2.24) is 0 Å². The van der Waals surface area contributed by atoms with Crippen LogP contribution in [-0.4, -0.2) is 31.8 Å². The van der Waals surface area contributed by atoms with Crippen LogP contribution >= 0.6 is 0 Å². The average Bonchev–Trinajstić information content (AvgIpc) is 2.63. The lowest BCUT2D eigenvalue weighted by Crippen LogP contribution is -2.25. The minimum absolute atomic E-state index is 0.171. The van der Waals surface area contributed by atoms with E-state index in [0.717, 1.165) is 17.4 Å². The van der Waals surface area contributed by atoms with E-state index < -0.39 is 17.7 Å². The van der Waals surface area contributed by atoms with Gasteiger partial charge in [-0.05, 0) is 43.9 Å². The molecule has 0 fully saturated rings. The first-order valence-electron chi connectivity index (χ1n) is 8.83. The Morgan fingerprint density at radius 3 is 2.63 bits per heavy atom. The number of esters is 2. The number of carbonyl (C=O) groups is 2. The quantitative estimate of drug-likeness (QED) is 0.517. The van der Waals surface area contributed by atoms with E-state index in [2.05, 4.69) is 4.74 Å². The molecule has 0 bridgehead atoms. The van der Waals surface area contributed by atoms with Gasteiger partial charge in [0.15, 0.2) is 6.10 Å². The number of aryl methyl sites for hydroxylation is 2. The predicted octanol–water partition coefficient (Wildman–Crippen LogP) is 2.93. The molecule has 1 unspecified atom stereocenters. The average molecular weight is 376 g/mol. The van der Waals surface area contributed by atoms with Crippen molar-refractivity contribution in [2.75, 3.05) is 13.7 Å². The van der Waals surface area contributed by atoms with E-state index in [1.54, 1.807) is 26.0 Å². The van der Waals surface area contributed by atoms with Gasteiger partial charge in [-0.2, -0.15) is 0 Å². The highest BCUT2D eigenvalue weighted by Gasteiger charge is 2.19. The zero-order valence-electron chi connectivity index (χ0n) is 16.0. The van der Waals surface area contributed by atoms with Crippen molar-refractivity contribution in [3.05, 3.63) is 39.7 Å². The lowest BCUT2D eigenvalue weighted by molar-refractivity contribution is -0.148. The summed E-state index contributed by atoms with van der Waals surface area (Å²) in [6, 6.07) is 4.77. The van der Waals surface area contributed by atoms with Crippen LogP contribution in [0.4, 0.5) is 0 Å². The van der Waals surface area contributed by atoms with Gasteiger partial charge >= 0.3 is 17.6 Å². The van der Waals surface area contributed by atoms with E-state index >= 15 is 0 Å². The maximum Gasteiger partial charge on any atom is 0.346 e. The standard InChI is InChI=1S/C20H24O7/c1-5-8-25-18(21)7-6-14-10-15-12(2)9-19(22)27-17(15)11-16(14)26-13(3)20(23)24-4/h9-11,13H,5-8H2,1-4H3. The summed E-state index contributed by atoms with van der Waals surface area (Å²) in [5.74, 6) is -0.480. The summed E-state index contributed by atoms with van der Waals surface area (Å²) in [4.78, 5) is 35.2. The van der Waals surface area contributed by atoms with Crippen molar-refractivity contribution in [3.8, 4) is 5.75 Å². The molecule has 1 aromatic carbocycles. The fraction of sp³-hybridized carbons (Fsp3) is 0.450. The van der Waals surface area contributed by atoms with Crippen LogP contribution in [0.1, 0.15) is 37.8 Å². The highest BCUT2D eigenvalue weighted by molar-refractivity contribution is 5.83. The number of rotatable bonds is 8. The van der Waals surface area contributed by atoms with Crippen molar-refractivity contribution in [2.45, 2.75) is 46.1 Å². The number of methoxy groups -OCH3 is 1. The minimum Gasteiger partial charge on any atom is -0.479 e. The SMILES string of the molecule is CCCOC(=O)CCc1cc2c(C)cc(=O)oc2cc1OC(C)C(=O)OC. The van der Waals surface area contributed by atoms with E-state index in [-0.39, 0.29) is 12.4 Å². The Morgan fingerprint density at radius 2 is 1.96 bits per heavy atom. The van der Waals surface area contributed by atoms with Crippen LogP contribution < -0.4 is 10.4 Å². The molecule has 27 heavy (non-hydrogen) atoms. The third-order valence-corrected chi connectivity index (χ3v) is 4.03. The Morgan fingerprint density at radius 1 is 1.22 bits per heavy atom. The van der Waals surface area contributed by atoms with Crippen molar-refractivity contribution in [2.24, 2.45) is 0 Å². The van der Waals surface area contributed by atoms with Gasteiger partial charge in [-0.15, -0.1) is 0 Å². The van der Waals surface area contributed by atoms with Crippen LogP contribution in [0.2, 0.25) is 0 Å². The molecule has 1 heterocycles. The Labute approximate surface area is 157 Å². The monoisotopic (exact) mass is 376 g/mol. The minimum atomic E-state index is -0.852. The van der Waals surface area contributed by atoms with Gasteiger partial charge in [-0.25, -0.2) is 9.59 Å². The largest absolute Gasteiger partial charge is 0.479 e. The lowest BCUT2D eigenvalue weighted by atomic mass is 10.0. The molecule has 0 aliphatic rings. The second kappa shape index (κ2) is 9.21. The summed E-state index contributed by atoms with van der Waals surface area (Å²) < 4.78 is 20.7. The normalized spacial score (nSPS) is 11.9. The van der Waals surface area contributed by atoms with Crippen LogP contribution in [0.25, 0.3) is 11.0 Å². The van der Waals surface area contributed by atoms with Crippen molar-refractivity contribution in [3.63, 3.8) is 0 Å². The van der Waals surface area contributed by atoms with Gasteiger partial charge in [0.2, 0.25) is 0 Å². The summed E-state index contributed by atoms with van der Waals surface area (Å²) in [6.45, 7) is 5.66. The zero-order chi connectivity index (χ0) is 20.0. The number of hydrogen-bond donors (Lipinski definition) is 0. The first-order chi connectivity index (χ1) is 12.8. The molecule has 2 rings (SSSR count). The van der Waals surface area contributed by atoms with Gasteiger partial charge in [0, 0.05) is 23.9 Å². The number of fused-ring (bicyclic) bond motifs is 1. The highest BCUT2D eigenvalue weighted by atomic mass is 16.6. The first-order valence-corrected chi connectivity index (χ1v) is 8.83. The van der Waals surface area contributed by atoms with Crippen LogP contribution in [0.5, 0.6) is 5.75 Å². The van der Waals surface area contributed by atoms with Crippen LogP contribution in [0, 0.1) is 6.92 Å². The maximum absolute atomic E-state index is 11.8. The van der Waals surface area contributed by atoms with Gasteiger partial charge in [0.1, 0.15) is 11.3 Å². The number of hydrogen-bond acceptors (Lipinski definition) is 7. The van der Waals surface area contributed by atoms with Gasteiger partial charge in [0.25, 0.3) is 0 Å². The molecule has 146 valence electrons. The smallest absolute Gasteiger partial charge is 0.346 e. The maximum atomic E-state index is 11.8. The molecule has 1 aromatic heterocycles. The molecular formula is C20H24O7. The van der Waals surface area contributed by atoms with Crippen LogP contribution in [0.15, 0.2) is 27.4 Å². The van der Waals surface area contributed by atoms with E-state index in [1.165, 1.54) is 13.2 Å². The fourth-order valence-corrected chi connectivity index (χ4v) is 2.63. The molecule has 2 aromatic rings. The Balaban J connectivity index is 2.37. The molecule has 0 saturated carbocycles. The molecule has 1 atom stereocenters. The fourth-order valence-electron chi connectivity index (χ4n) is 2.63. The molecule has 0 spiro atoms. The Kier molecular flexibility index (Phi) is 6.98. The first kappa shape index (κ1) is 20.5. The van der Waals surface area contributed by atoms with Crippen molar-refractivity contribution in [1.29, 1.82) is 0 Å². The summed E-state index contributed by atoms with van der Waals surface area (Å²) >= 11 is 0. The van der Waals surface area contributed by atoms with E-state index in [9.17, 15) is 14.4 Å². The predicted molar refractivity (Wildman–Crippen MR) is 98.9 cm³/mol. The topological polar surface area (TPSA) is 92.0 Å². The van der Waals surface area contributed by atoms with Crippen molar-refractivity contribution < 1.29 is 28.2 Å². The molecule has 0 aliphatic heterocycles. The molecular weight excluding hydrogens is 352 g/mol. The third kappa shape index (κ3) is 5.32. The van der Waals surface area contributed by atoms with E-state index in [4.69, 9.17) is 13.9 Å². The third-order valence-electron chi connectivity index (χ3n) is 4.03. The molecule has 0 radical (unpaired) electrons. The van der Waals surface area contributed by atoms with Gasteiger partial charge in [0.05, 0.1) is 13.7 Å². The second-order valence-electron chi connectivity index (χ2n) is 6.21. The van der Waals surface area contributed by atoms with Gasteiger partial charge in [-0.3, -0.25) is 4.79 Å². The summed E-state index contributed by atoms with van der Waals surface area (Å²) in [6.07, 6.45) is 0.435. The zero-order valence-corrected chi connectivity index (χ0v) is 16.0. The summed E-state index contributed by atoms with van der Waals surface area (Å²) in [5, 5.41) is 0.740. The number of carbonyl (C=O) groups excluding carboxylic acids is 2. The molecule has 0 N–H and O–H groups in total. The van der Waals surface area contributed by atoms with Crippen LogP contribution in [0.3, 0.4) is 0 Å². The van der Waals surface area contributed by atoms with E-state index in [0.29, 0.717) is 29.9 Å². The number of ether oxygens (including phenoxy) is 3. The second-order valence-corrected chi connectivity index (χ2v) is 6.21. The molecule has 7 heteroatoms. The Bertz CT molecular complexity index is 882. The molecule has 0 saturated heterocycles. The number of benzene rings is 1. The van der Waals surface area contributed by atoms with Gasteiger partial charge in [-0.1, -0.05) is 6.92 Å². The Hall–Kier alpha value is -2.83. The van der Waals surface area contributed by atoms with E-state index in [1.807, 2.05) is 6.92 Å². The summed E-state index contributed by atoms with van der Waals surface area (Å²) in [5.41, 5.74) is 1.35.